The van der Waals surface area contributed by atoms with Gasteiger partial charge in [-0.25, -0.2) is 0 Å². The molecule has 8 rings (SSSR count). The molecule has 0 atom stereocenters. The highest BCUT2D eigenvalue weighted by Crippen LogP contribution is 2.44. The van der Waals surface area contributed by atoms with Gasteiger partial charge in [-0.05, 0) is 82.9 Å². The molecule has 0 aromatic heterocycles. The first-order valence-corrected chi connectivity index (χ1v) is 14.5. The van der Waals surface area contributed by atoms with Crippen molar-refractivity contribution in [3.63, 3.8) is 0 Å². The van der Waals surface area contributed by atoms with Crippen molar-refractivity contribution in [3.05, 3.63) is 170 Å². The summed E-state index contributed by atoms with van der Waals surface area (Å²) in [7, 11) is 0. The molecule has 0 nitrogen and oxygen atoms in total. The van der Waals surface area contributed by atoms with Gasteiger partial charge in [0.15, 0.2) is 0 Å². The van der Waals surface area contributed by atoms with E-state index in [-0.39, 0.29) is 0 Å². The van der Waals surface area contributed by atoms with Gasteiger partial charge in [0.05, 0.1) is 0 Å². The Balaban J connectivity index is 1.33. The lowest BCUT2D eigenvalue weighted by Gasteiger charge is -2.18. The van der Waals surface area contributed by atoms with Crippen LogP contribution in [-0.2, 0) is 0 Å². The zero-order valence-corrected chi connectivity index (χ0v) is 23.2. The predicted molar refractivity (Wildman–Crippen MR) is 181 cm³/mol. The normalized spacial score (nSPS) is 11.3. The molecule has 196 valence electrons. The van der Waals surface area contributed by atoms with E-state index in [4.69, 9.17) is 0 Å². The van der Waals surface area contributed by atoms with Crippen molar-refractivity contribution < 1.29 is 0 Å². The summed E-state index contributed by atoms with van der Waals surface area (Å²) in [5.41, 5.74) is 10.0. The summed E-state index contributed by atoms with van der Waals surface area (Å²) in [6.07, 6.45) is 0. The second kappa shape index (κ2) is 10.2. The van der Waals surface area contributed by atoms with E-state index in [2.05, 4.69) is 170 Å². The van der Waals surface area contributed by atoms with Gasteiger partial charge in [0.25, 0.3) is 0 Å². The first-order valence-electron chi connectivity index (χ1n) is 14.5. The monoisotopic (exact) mass is 532 g/mol. The third kappa shape index (κ3) is 4.08. The molecule has 42 heavy (non-hydrogen) atoms. The fraction of sp³-hybridized carbons (Fsp3) is 0. The maximum atomic E-state index is 2.34. The summed E-state index contributed by atoms with van der Waals surface area (Å²) in [5, 5.41) is 7.64. The van der Waals surface area contributed by atoms with Gasteiger partial charge < -0.3 is 0 Å². The SMILES string of the molecule is c1ccc(-c2cccc(-c3c4ccccc4c(-c4ccc(-c5cccc6ccccc56)cc4)c4ccccc34)c2)cc1. The lowest BCUT2D eigenvalue weighted by molar-refractivity contribution is 1.61. The van der Waals surface area contributed by atoms with Crippen LogP contribution in [0.2, 0.25) is 0 Å². The summed E-state index contributed by atoms with van der Waals surface area (Å²) >= 11 is 0. The van der Waals surface area contributed by atoms with Crippen molar-refractivity contribution in [1.82, 2.24) is 0 Å². The first-order chi connectivity index (χ1) is 20.8. The Bertz CT molecular complexity index is 2160. The van der Waals surface area contributed by atoms with Crippen LogP contribution in [0.25, 0.3) is 76.8 Å². The first kappa shape index (κ1) is 24.3. The summed E-state index contributed by atoms with van der Waals surface area (Å²) in [5.74, 6) is 0. The summed E-state index contributed by atoms with van der Waals surface area (Å²) < 4.78 is 0. The minimum atomic E-state index is 1.23. The zero-order valence-electron chi connectivity index (χ0n) is 23.2. The topological polar surface area (TPSA) is 0 Å². The van der Waals surface area contributed by atoms with E-state index in [9.17, 15) is 0 Å². The van der Waals surface area contributed by atoms with Gasteiger partial charge in [-0.15, -0.1) is 0 Å². The number of fused-ring (bicyclic) bond motifs is 3. The molecule has 0 unspecified atom stereocenters. The van der Waals surface area contributed by atoms with E-state index in [1.807, 2.05) is 0 Å². The van der Waals surface area contributed by atoms with Gasteiger partial charge in [0, 0.05) is 0 Å². The fourth-order valence-corrected chi connectivity index (χ4v) is 6.53. The van der Waals surface area contributed by atoms with E-state index >= 15 is 0 Å². The van der Waals surface area contributed by atoms with E-state index < -0.39 is 0 Å². The van der Waals surface area contributed by atoms with E-state index in [0.717, 1.165) is 0 Å². The van der Waals surface area contributed by atoms with Crippen LogP contribution in [0.15, 0.2) is 170 Å². The molecule has 0 aliphatic carbocycles. The number of hydrogen-bond donors (Lipinski definition) is 0. The van der Waals surface area contributed by atoms with Gasteiger partial charge >= 0.3 is 0 Å². The Morgan fingerprint density at radius 3 is 1.36 bits per heavy atom. The molecule has 0 aliphatic rings. The summed E-state index contributed by atoms with van der Waals surface area (Å²) in [4.78, 5) is 0. The highest BCUT2D eigenvalue weighted by molar-refractivity contribution is 6.21. The Kier molecular flexibility index (Phi) is 5.90. The number of rotatable bonds is 4. The number of benzene rings is 8. The van der Waals surface area contributed by atoms with Gasteiger partial charge in [-0.3, -0.25) is 0 Å². The molecule has 0 bridgehead atoms. The van der Waals surface area contributed by atoms with Crippen LogP contribution in [0, 0.1) is 0 Å². The molecule has 0 heteroatoms. The van der Waals surface area contributed by atoms with Crippen LogP contribution < -0.4 is 0 Å². The van der Waals surface area contributed by atoms with E-state index in [1.54, 1.807) is 0 Å². The molecule has 8 aromatic rings. The second-order valence-electron chi connectivity index (χ2n) is 10.9. The van der Waals surface area contributed by atoms with Crippen LogP contribution in [0.5, 0.6) is 0 Å². The molecule has 0 saturated carbocycles. The molecule has 0 spiro atoms. The van der Waals surface area contributed by atoms with Crippen molar-refractivity contribution in [2.45, 2.75) is 0 Å². The third-order valence-electron chi connectivity index (χ3n) is 8.46. The zero-order chi connectivity index (χ0) is 27.9. The highest BCUT2D eigenvalue weighted by Gasteiger charge is 2.17. The minimum absolute atomic E-state index is 1.23. The van der Waals surface area contributed by atoms with Crippen molar-refractivity contribution in [2.24, 2.45) is 0 Å². The molecule has 8 aromatic carbocycles. The van der Waals surface area contributed by atoms with Crippen LogP contribution >= 0.6 is 0 Å². The minimum Gasteiger partial charge on any atom is -0.0622 e. The van der Waals surface area contributed by atoms with Gasteiger partial charge in [-0.2, -0.15) is 0 Å². The maximum Gasteiger partial charge on any atom is -0.00262 e. The summed E-state index contributed by atoms with van der Waals surface area (Å²) in [6, 6.07) is 61.7. The van der Waals surface area contributed by atoms with Crippen LogP contribution in [0.1, 0.15) is 0 Å². The standard InChI is InChI=1S/C42H28/c1-2-12-29(13-3-1)33-16-10-17-34(28-33)42-39-21-8-6-19-37(39)41(38-20-7-9-22-40(38)42)32-26-24-31(25-27-32)36-23-11-15-30-14-4-5-18-35(30)36/h1-28H. The van der Waals surface area contributed by atoms with Gasteiger partial charge in [-0.1, -0.05) is 164 Å². The second-order valence-corrected chi connectivity index (χ2v) is 10.9. The smallest absolute Gasteiger partial charge is 0.00262 e. The van der Waals surface area contributed by atoms with E-state index in [1.165, 1.54) is 76.8 Å². The molecular formula is C42H28. The lowest BCUT2D eigenvalue weighted by Crippen LogP contribution is -1.91. The summed E-state index contributed by atoms with van der Waals surface area (Å²) in [6.45, 7) is 0. The van der Waals surface area contributed by atoms with Crippen LogP contribution in [0.3, 0.4) is 0 Å². The average molecular weight is 533 g/mol. The van der Waals surface area contributed by atoms with E-state index in [0.29, 0.717) is 0 Å². The third-order valence-corrected chi connectivity index (χ3v) is 8.46. The average Bonchev–Trinajstić information content (AvgIpc) is 3.07. The Morgan fingerprint density at radius 1 is 0.238 bits per heavy atom. The predicted octanol–water partition coefficient (Wildman–Crippen LogP) is 11.8. The molecule has 0 radical (unpaired) electrons. The molecule has 0 fully saturated rings. The Hall–Kier alpha value is -5.46. The molecule has 0 N–H and O–H groups in total. The number of hydrogen-bond acceptors (Lipinski definition) is 0. The largest absolute Gasteiger partial charge is 0.0622 e. The fourth-order valence-electron chi connectivity index (χ4n) is 6.53. The molecule has 0 amide bonds. The molecule has 0 aliphatic heterocycles. The van der Waals surface area contributed by atoms with Crippen molar-refractivity contribution >= 4 is 32.3 Å². The van der Waals surface area contributed by atoms with Crippen molar-refractivity contribution in [3.8, 4) is 44.5 Å². The lowest BCUT2D eigenvalue weighted by atomic mass is 9.85. The van der Waals surface area contributed by atoms with Crippen molar-refractivity contribution in [2.75, 3.05) is 0 Å². The molecular weight excluding hydrogens is 504 g/mol. The van der Waals surface area contributed by atoms with Gasteiger partial charge in [0.1, 0.15) is 0 Å². The van der Waals surface area contributed by atoms with Gasteiger partial charge in [0.2, 0.25) is 0 Å². The molecule has 0 heterocycles. The van der Waals surface area contributed by atoms with Crippen LogP contribution in [0.4, 0.5) is 0 Å². The van der Waals surface area contributed by atoms with Crippen LogP contribution in [-0.4, -0.2) is 0 Å². The molecule has 0 saturated heterocycles. The maximum absolute atomic E-state index is 2.34. The Labute approximate surface area is 246 Å². The Morgan fingerprint density at radius 2 is 0.690 bits per heavy atom. The highest BCUT2D eigenvalue weighted by atomic mass is 14.2. The quantitative estimate of drug-likeness (QED) is 0.198. The van der Waals surface area contributed by atoms with Crippen molar-refractivity contribution in [1.29, 1.82) is 0 Å².